The van der Waals surface area contributed by atoms with E-state index in [2.05, 4.69) is 0 Å². The van der Waals surface area contributed by atoms with Gasteiger partial charge in [-0.25, -0.2) is 4.98 Å². The number of thiophene rings is 1. The summed E-state index contributed by atoms with van der Waals surface area (Å²) in [6.07, 6.45) is 8.20. The van der Waals surface area contributed by atoms with Crippen LogP contribution in [0.25, 0.3) is 10.2 Å². The molecule has 30 heavy (non-hydrogen) atoms. The second kappa shape index (κ2) is 8.32. The van der Waals surface area contributed by atoms with E-state index < -0.39 is 0 Å². The number of hydrogen-bond donors (Lipinski definition) is 0. The average Bonchev–Trinajstić information content (AvgIpc) is 3.48. The zero-order valence-corrected chi connectivity index (χ0v) is 18.7. The van der Waals surface area contributed by atoms with Gasteiger partial charge in [0.05, 0.1) is 29.5 Å². The van der Waals surface area contributed by atoms with Gasteiger partial charge in [-0.05, 0) is 56.2 Å². The van der Waals surface area contributed by atoms with Gasteiger partial charge in [0.25, 0.3) is 5.56 Å². The van der Waals surface area contributed by atoms with Crippen LogP contribution in [0.5, 0.6) is 0 Å². The minimum atomic E-state index is 0.0312. The van der Waals surface area contributed by atoms with Gasteiger partial charge in [-0.15, -0.1) is 11.3 Å². The molecule has 2 aliphatic rings. The topological polar surface area (TPSA) is 66.1 Å². The first-order valence-corrected chi connectivity index (χ1v) is 12.4. The van der Waals surface area contributed by atoms with Gasteiger partial charge < -0.3 is 9.30 Å². The summed E-state index contributed by atoms with van der Waals surface area (Å²) in [5.41, 5.74) is 1.91. The van der Waals surface area contributed by atoms with Gasteiger partial charge in [0, 0.05) is 24.7 Å². The van der Waals surface area contributed by atoms with Crippen molar-refractivity contribution in [2.24, 2.45) is 7.05 Å². The number of carbonyl (C=O) groups excluding carboxylic acids is 1. The predicted molar refractivity (Wildman–Crippen MR) is 120 cm³/mol. The Hall–Kier alpha value is -1.90. The fraction of sp³-hybridized carbons (Fsp3) is 0.500. The molecule has 1 aliphatic carbocycles. The van der Waals surface area contributed by atoms with Gasteiger partial charge in [0.2, 0.25) is 0 Å². The quantitative estimate of drug-likeness (QED) is 0.329. The smallest absolute Gasteiger partial charge is 0.263 e. The molecule has 0 spiro atoms. The van der Waals surface area contributed by atoms with Crippen molar-refractivity contribution < 1.29 is 9.53 Å². The molecule has 8 heteroatoms. The molecule has 1 aliphatic heterocycles. The summed E-state index contributed by atoms with van der Waals surface area (Å²) < 4.78 is 9.40. The highest BCUT2D eigenvalue weighted by Crippen LogP contribution is 2.35. The summed E-state index contributed by atoms with van der Waals surface area (Å²) in [7, 11) is 1.87. The first-order valence-electron chi connectivity index (χ1n) is 10.6. The molecule has 6 nitrogen and oxygen atoms in total. The van der Waals surface area contributed by atoms with Crippen molar-refractivity contribution in [3.8, 4) is 0 Å². The van der Waals surface area contributed by atoms with Crippen molar-refractivity contribution in [1.29, 1.82) is 0 Å². The van der Waals surface area contributed by atoms with Gasteiger partial charge in [-0.2, -0.15) is 0 Å². The molecule has 3 aromatic heterocycles. The number of aromatic nitrogens is 3. The van der Waals surface area contributed by atoms with E-state index >= 15 is 0 Å². The second-order valence-electron chi connectivity index (χ2n) is 8.05. The summed E-state index contributed by atoms with van der Waals surface area (Å²) in [6.45, 7) is 1.25. The lowest BCUT2D eigenvalue weighted by Crippen LogP contribution is -2.29. The highest BCUT2D eigenvalue weighted by Gasteiger charge is 2.25. The molecule has 4 heterocycles. The highest BCUT2D eigenvalue weighted by molar-refractivity contribution is 7.99. The summed E-state index contributed by atoms with van der Waals surface area (Å²) in [5, 5.41) is 1.43. The fourth-order valence-corrected chi connectivity index (χ4v) is 6.62. The van der Waals surface area contributed by atoms with Crippen molar-refractivity contribution in [2.75, 3.05) is 12.4 Å². The van der Waals surface area contributed by atoms with E-state index in [0.717, 1.165) is 48.9 Å². The molecule has 0 amide bonds. The monoisotopic (exact) mass is 443 g/mol. The molecule has 1 fully saturated rings. The van der Waals surface area contributed by atoms with E-state index in [1.807, 2.05) is 29.9 Å². The zero-order valence-electron chi connectivity index (χ0n) is 17.1. The summed E-state index contributed by atoms with van der Waals surface area (Å²) in [4.78, 5) is 33.3. The number of hydrogen-bond acceptors (Lipinski definition) is 6. The zero-order chi connectivity index (χ0) is 20.7. The minimum Gasteiger partial charge on any atom is -0.376 e. The Balaban J connectivity index is 1.52. The van der Waals surface area contributed by atoms with E-state index in [9.17, 15) is 9.59 Å². The summed E-state index contributed by atoms with van der Waals surface area (Å²) in [5.74, 6) is 0.294. The second-order valence-corrected chi connectivity index (χ2v) is 10.1. The maximum absolute atomic E-state index is 13.6. The largest absolute Gasteiger partial charge is 0.376 e. The van der Waals surface area contributed by atoms with Crippen molar-refractivity contribution in [2.45, 2.75) is 56.3 Å². The Morgan fingerprint density at radius 2 is 2.20 bits per heavy atom. The van der Waals surface area contributed by atoms with Crippen molar-refractivity contribution >= 4 is 39.1 Å². The van der Waals surface area contributed by atoms with Gasteiger partial charge >= 0.3 is 0 Å². The molecule has 3 aromatic rings. The Bertz CT molecular complexity index is 1150. The van der Waals surface area contributed by atoms with Crippen molar-refractivity contribution in [1.82, 2.24) is 14.1 Å². The molecular weight excluding hydrogens is 418 g/mol. The number of rotatable bonds is 6. The molecule has 158 valence electrons. The Labute approximate surface area is 183 Å². The van der Waals surface area contributed by atoms with Crippen LogP contribution in [-0.4, -0.2) is 38.4 Å². The molecule has 1 atom stereocenters. The third kappa shape index (κ3) is 3.65. The van der Waals surface area contributed by atoms with Crippen molar-refractivity contribution in [3.63, 3.8) is 0 Å². The van der Waals surface area contributed by atoms with Crippen molar-refractivity contribution in [3.05, 3.63) is 44.8 Å². The SMILES string of the molecule is Cn1cccc1C(=O)CSc1nc2sc3c(c2c(=O)n1CC1CCCO1)CCCC3. The molecule has 0 aromatic carbocycles. The van der Waals surface area contributed by atoms with Crippen LogP contribution in [0.4, 0.5) is 0 Å². The van der Waals surface area contributed by atoms with Crippen LogP contribution in [0.15, 0.2) is 28.3 Å². The molecule has 0 radical (unpaired) electrons. The number of fused-ring (bicyclic) bond motifs is 3. The number of carbonyl (C=O) groups is 1. The Morgan fingerprint density at radius 3 is 2.97 bits per heavy atom. The number of ketones is 1. The van der Waals surface area contributed by atoms with Crippen LogP contribution in [0.1, 0.15) is 46.6 Å². The van der Waals surface area contributed by atoms with Crippen LogP contribution in [0.2, 0.25) is 0 Å². The fourth-order valence-electron chi connectivity index (χ4n) is 4.44. The minimum absolute atomic E-state index is 0.0312. The number of thioether (sulfide) groups is 1. The van der Waals surface area contributed by atoms with Gasteiger partial charge in [0.1, 0.15) is 4.83 Å². The van der Waals surface area contributed by atoms with Gasteiger partial charge in [-0.3, -0.25) is 14.2 Å². The normalized spacial score (nSPS) is 18.8. The Morgan fingerprint density at radius 1 is 1.33 bits per heavy atom. The van der Waals surface area contributed by atoms with Crippen LogP contribution in [0.3, 0.4) is 0 Å². The van der Waals surface area contributed by atoms with E-state index in [-0.39, 0.29) is 23.2 Å². The first-order chi connectivity index (χ1) is 14.6. The predicted octanol–water partition coefficient (Wildman–Crippen LogP) is 3.83. The molecule has 1 saturated heterocycles. The summed E-state index contributed by atoms with van der Waals surface area (Å²) >= 11 is 3.02. The Kier molecular flexibility index (Phi) is 5.56. The van der Waals surface area contributed by atoms with Crippen LogP contribution >= 0.6 is 23.1 Å². The van der Waals surface area contributed by atoms with Gasteiger partial charge in [-0.1, -0.05) is 11.8 Å². The number of ether oxygens (including phenoxy) is 1. The molecular formula is C22H25N3O3S2. The molecule has 0 saturated carbocycles. The maximum atomic E-state index is 13.6. The lowest BCUT2D eigenvalue weighted by atomic mass is 9.97. The molecule has 0 bridgehead atoms. The van der Waals surface area contributed by atoms with E-state index in [4.69, 9.17) is 9.72 Å². The third-order valence-corrected chi connectivity index (χ3v) is 8.17. The molecule has 5 rings (SSSR count). The highest BCUT2D eigenvalue weighted by atomic mass is 32.2. The third-order valence-electron chi connectivity index (χ3n) is 6.01. The van der Waals surface area contributed by atoms with Crippen LogP contribution in [-0.2, 0) is 31.2 Å². The lowest BCUT2D eigenvalue weighted by molar-refractivity contribution is 0.0937. The van der Waals surface area contributed by atoms with Gasteiger partial charge in [0.15, 0.2) is 10.9 Å². The number of nitrogens with zero attached hydrogens (tertiary/aromatic N) is 3. The van der Waals surface area contributed by atoms with E-state index in [1.165, 1.54) is 28.6 Å². The number of aryl methyl sites for hydroxylation is 3. The van der Waals surface area contributed by atoms with Crippen LogP contribution < -0.4 is 5.56 Å². The van der Waals surface area contributed by atoms with E-state index in [0.29, 0.717) is 17.4 Å². The lowest BCUT2D eigenvalue weighted by Gasteiger charge is -2.16. The molecule has 1 unspecified atom stereocenters. The first kappa shape index (κ1) is 20.0. The van der Waals surface area contributed by atoms with E-state index in [1.54, 1.807) is 15.9 Å². The standard InChI is InChI=1S/C22H25N3O3S2/c1-24-10-4-8-16(24)17(26)13-29-22-23-20-19(15-7-2-3-9-18(15)30-20)21(27)25(22)12-14-6-5-11-28-14/h4,8,10,14H,2-3,5-7,9,11-13H2,1H3. The average molecular weight is 444 g/mol. The number of Topliss-reactive ketones (excluding diaryl/α,β-unsaturated/α-hetero) is 1. The maximum Gasteiger partial charge on any atom is 0.263 e. The van der Waals surface area contributed by atoms with Crippen LogP contribution in [0, 0.1) is 0 Å². The summed E-state index contributed by atoms with van der Waals surface area (Å²) in [6, 6.07) is 3.69. The molecule has 0 N–H and O–H groups in total.